The molecule has 10 heteroatoms. The van der Waals surface area contributed by atoms with Crippen LogP contribution in [0.2, 0.25) is 0 Å². The van der Waals surface area contributed by atoms with Crippen LogP contribution in [-0.2, 0) is 11.0 Å². The monoisotopic (exact) mass is 472 g/mol. The van der Waals surface area contributed by atoms with Gasteiger partial charge in [0.25, 0.3) is 0 Å². The molecular weight excluding hydrogens is 456 g/mol. The summed E-state index contributed by atoms with van der Waals surface area (Å²) in [7, 11) is 0. The number of benzene rings is 3. The lowest BCUT2D eigenvalue weighted by Crippen LogP contribution is -2.18. The van der Waals surface area contributed by atoms with Gasteiger partial charge in [0.2, 0.25) is 5.91 Å². The third kappa shape index (κ3) is 5.23. The molecule has 0 bridgehead atoms. The number of carbonyl (C=O) groups excluding carboxylic acids is 1. The highest BCUT2D eigenvalue weighted by molar-refractivity contribution is 7.99. The number of anilines is 1. The van der Waals surface area contributed by atoms with Crippen LogP contribution in [0.15, 0.2) is 84.0 Å². The largest absolute Gasteiger partial charge is 0.418 e. The molecule has 1 aromatic heterocycles. The third-order valence-electron chi connectivity index (χ3n) is 4.59. The number of nitrogens with zero attached hydrogens (tertiary/aromatic N) is 3. The molecule has 33 heavy (non-hydrogen) atoms. The molecule has 0 spiro atoms. The molecule has 0 fully saturated rings. The van der Waals surface area contributed by atoms with Gasteiger partial charge in [-0.1, -0.05) is 54.2 Å². The van der Waals surface area contributed by atoms with Crippen molar-refractivity contribution in [1.29, 1.82) is 0 Å². The summed E-state index contributed by atoms with van der Waals surface area (Å²) in [5.41, 5.74) is 0.0834. The highest BCUT2D eigenvalue weighted by atomic mass is 32.2. The Bertz CT molecular complexity index is 1260. The lowest BCUT2D eigenvalue weighted by molar-refractivity contribution is -0.137. The summed E-state index contributed by atoms with van der Waals surface area (Å²) in [5, 5.41) is 11.0. The summed E-state index contributed by atoms with van der Waals surface area (Å²) in [6, 6.07) is 19.6. The molecule has 0 saturated heterocycles. The number of alkyl halides is 3. The van der Waals surface area contributed by atoms with Crippen LogP contribution in [0.5, 0.6) is 0 Å². The average Bonchev–Trinajstić information content (AvgIpc) is 3.22. The zero-order valence-corrected chi connectivity index (χ0v) is 17.7. The van der Waals surface area contributed by atoms with Crippen molar-refractivity contribution in [2.24, 2.45) is 0 Å². The number of aromatic nitrogens is 3. The predicted molar refractivity (Wildman–Crippen MR) is 118 cm³/mol. The Morgan fingerprint density at radius 3 is 2.27 bits per heavy atom. The molecule has 0 aliphatic rings. The number of hydrogen-bond acceptors (Lipinski definition) is 4. The van der Waals surface area contributed by atoms with Gasteiger partial charge in [0.1, 0.15) is 5.82 Å². The lowest BCUT2D eigenvalue weighted by atomic mass is 10.1. The van der Waals surface area contributed by atoms with Gasteiger partial charge in [-0.2, -0.15) is 13.2 Å². The van der Waals surface area contributed by atoms with Crippen LogP contribution < -0.4 is 5.32 Å². The minimum Gasteiger partial charge on any atom is -0.325 e. The average molecular weight is 472 g/mol. The first kappa shape index (κ1) is 22.5. The molecule has 0 atom stereocenters. The lowest BCUT2D eigenvalue weighted by Gasteiger charge is -2.13. The number of thioether (sulfide) groups is 1. The molecule has 0 aliphatic carbocycles. The summed E-state index contributed by atoms with van der Waals surface area (Å²) in [5.74, 6) is -0.774. The minimum atomic E-state index is -4.59. The van der Waals surface area contributed by atoms with E-state index in [0.717, 1.165) is 23.4 Å². The van der Waals surface area contributed by atoms with E-state index >= 15 is 0 Å². The number of nitrogens with one attached hydrogen (secondary N) is 1. The Kier molecular flexibility index (Phi) is 6.45. The predicted octanol–water partition coefficient (Wildman–Crippen LogP) is 5.82. The highest BCUT2D eigenvalue weighted by Gasteiger charge is 2.33. The minimum absolute atomic E-state index is 0.208. The van der Waals surface area contributed by atoms with Crippen molar-refractivity contribution in [1.82, 2.24) is 14.8 Å². The fourth-order valence-corrected chi connectivity index (χ4v) is 3.87. The Hall–Kier alpha value is -3.66. The van der Waals surface area contributed by atoms with Crippen molar-refractivity contribution in [3.05, 3.63) is 90.2 Å². The van der Waals surface area contributed by atoms with Crippen LogP contribution in [0.25, 0.3) is 17.1 Å². The number of amides is 1. The van der Waals surface area contributed by atoms with E-state index in [4.69, 9.17) is 0 Å². The van der Waals surface area contributed by atoms with Crippen LogP contribution in [-0.4, -0.2) is 26.4 Å². The summed E-state index contributed by atoms with van der Waals surface area (Å²) >= 11 is 1.00. The second-order valence-electron chi connectivity index (χ2n) is 6.86. The Morgan fingerprint density at radius 2 is 1.58 bits per heavy atom. The number of hydrogen-bond donors (Lipinski definition) is 1. The van der Waals surface area contributed by atoms with Crippen LogP contribution in [0.3, 0.4) is 0 Å². The van der Waals surface area contributed by atoms with Crippen LogP contribution in [0.1, 0.15) is 5.56 Å². The van der Waals surface area contributed by atoms with Crippen molar-refractivity contribution in [2.45, 2.75) is 11.3 Å². The number of para-hydroxylation sites is 1. The number of halogens is 4. The molecule has 0 saturated carbocycles. The van der Waals surface area contributed by atoms with E-state index in [9.17, 15) is 22.4 Å². The third-order valence-corrected chi connectivity index (χ3v) is 5.52. The van der Waals surface area contributed by atoms with Gasteiger partial charge in [0, 0.05) is 11.3 Å². The zero-order valence-electron chi connectivity index (χ0n) is 16.9. The fourth-order valence-electron chi connectivity index (χ4n) is 3.12. The first-order valence-corrected chi connectivity index (χ1v) is 10.7. The van der Waals surface area contributed by atoms with Crippen molar-refractivity contribution in [3.63, 3.8) is 0 Å². The summed E-state index contributed by atoms with van der Waals surface area (Å²) in [6.45, 7) is 0. The second-order valence-corrected chi connectivity index (χ2v) is 7.81. The van der Waals surface area contributed by atoms with Gasteiger partial charge in [0.05, 0.1) is 17.0 Å². The summed E-state index contributed by atoms with van der Waals surface area (Å²) in [4.78, 5) is 12.4. The first-order chi connectivity index (χ1) is 15.8. The first-order valence-electron chi connectivity index (χ1n) is 9.68. The van der Waals surface area contributed by atoms with E-state index in [2.05, 4.69) is 15.5 Å². The molecular formula is C23H16F4N4OS. The van der Waals surface area contributed by atoms with E-state index in [1.54, 1.807) is 16.7 Å². The maximum absolute atomic E-state index is 13.5. The Balaban J connectivity index is 1.58. The van der Waals surface area contributed by atoms with Gasteiger partial charge in [-0.15, -0.1) is 10.2 Å². The SMILES string of the molecule is O=C(CSc1nnc(-c2ccccc2)n1-c1ccc(F)cc1)Nc1ccccc1C(F)(F)F. The standard InChI is InChI=1S/C23H16F4N4OS/c24-16-10-12-17(13-11-16)31-21(15-6-2-1-3-7-15)29-30-22(31)33-14-20(32)28-19-9-5-4-8-18(19)23(25,26)27/h1-13H,14H2,(H,28,32). The maximum Gasteiger partial charge on any atom is 0.418 e. The van der Waals surface area contributed by atoms with Crippen molar-refractivity contribution in [2.75, 3.05) is 11.1 Å². The van der Waals surface area contributed by atoms with Gasteiger partial charge < -0.3 is 5.32 Å². The molecule has 1 N–H and O–H groups in total. The van der Waals surface area contributed by atoms with Gasteiger partial charge in [-0.05, 0) is 36.4 Å². The van der Waals surface area contributed by atoms with E-state index in [1.165, 1.54) is 30.3 Å². The van der Waals surface area contributed by atoms with E-state index < -0.39 is 23.5 Å². The van der Waals surface area contributed by atoms with Gasteiger partial charge in [-0.25, -0.2) is 4.39 Å². The Labute approximate surface area is 190 Å². The number of rotatable bonds is 6. The normalized spacial score (nSPS) is 11.4. The topological polar surface area (TPSA) is 59.8 Å². The van der Waals surface area contributed by atoms with E-state index in [-0.39, 0.29) is 11.4 Å². The molecule has 1 amide bonds. The van der Waals surface area contributed by atoms with Crippen molar-refractivity contribution < 1.29 is 22.4 Å². The smallest absolute Gasteiger partial charge is 0.325 e. The molecule has 3 aromatic carbocycles. The van der Waals surface area contributed by atoms with E-state index in [1.807, 2.05) is 30.3 Å². The van der Waals surface area contributed by atoms with Crippen LogP contribution >= 0.6 is 11.8 Å². The number of carbonyl (C=O) groups is 1. The quantitative estimate of drug-likeness (QED) is 0.284. The van der Waals surface area contributed by atoms with Crippen molar-refractivity contribution in [3.8, 4) is 17.1 Å². The van der Waals surface area contributed by atoms with Gasteiger partial charge in [0.15, 0.2) is 11.0 Å². The van der Waals surface area contributed by atoms with Gasteiger partial charge >= 0.3 is 6.18 Å². The highest BCUT2D eigenvalue weighted by Crippen LogP contribution is 2.35. The molecule has 4 rings (SSSR count). The molecule has 0 aliphatic heterocycles. The molecule has 5 nitrogen and oxygen atoms in total. The van der Waals surface area contributed by atoms with Gasteiger partial charge in [-0.3, -0.25) is 9.36 Å². The maximum atomic E-state index is 13.5. The molecule has 0 radical (unpaired) electrons. The Morgan fingerprint density at radius 1 is 0.909 bits per heavy atom. The second kappa shape index (κ2) is 9.45. The molecule has 168 valence electrons. The molecule has 4 aromatic rings. The summed E-state index contributed by atoms with van der Waals surface area (Å²) < 4.78 is 54.6. The molecule has 1 heterocycles. The molecule has 0 unspecified atom stereocenters. The van der Waals surface area contributed by atoms with Crippen molar-refractivity contribution >= 4 is 23.4 Å². The van der Waals surface area contributed by atoms with E-state index in [0.29, 0.717) is 16.7 Å². The van der Waals surface area contributed by atoms with Crippen LogP contribution in [0.4, 0.5) is 23.2 Å². The van der Waals surface area contributed by atoms with Crippen LogP contribution in [0, 0.1) is 5.82 Å². The summed E-state index contributed by atoms with van der Waals surface area (Å²) in [6.07, 6.45) is -4.59. The fraction of sp³-hybridized carbons (Fsp3) is 0.0870. The zero-order chi connectivity index (χ0) is 23.4.